The summed E-state index contributed by atoms with van der Waals surface area (Å²) in [6.45, 7) is 3.62. The van der Waals surface area contributed by atoms with E-state index in [0.717, 1.165) is 25.7 Å². The Morgan fingerprint density at radius 3 is 2.43 bits per heavy atom. The van der Waals surface area contributed by atoms with Crippen LogP contribution in [0.1, 0.15) is 65.2 Å². The molecule has 192 valence electrons. The molecule has 0 saturated carbocycles. The number of unbranched alkanes of at least 4 members (excludes halogenated alkanes) is 4. The average molecular weight is 492 g/mol. The van der Waals surface area contributed by atoms with Crippen LogP contribution in [0.3, 0.4) is 0 Å². The molecule has 2 heterocycles. The molecule has 0 aliphatic heterocycles. The molecule has 0 aromatic carbocycles. The first-order chi connectivity index (χ1) is 16.8. The van der Waals surface area contributed by atoms with Gasteiger partial charge in [-0.1, -0.05) is 45.5 Å². The number of nitrogen functional groups attached to an aromatic ring is 1. The van der Waals surface area contributed by atoms with Crippen LogP contribution in [-0.2, 0) is 30.3 Å². The van der Waals surface area contributed by atoms with Crippen LogP contribution in [-0.4, -0.2) is 56.9 Å². The van der Waals surface area contributed by atoms with Crippen LogP contribution in [0.15, 0.2) is 6.33 Å². The van der Waals surface area contributed by atoms with E-state index < -0.39 is 29.7 Å². The van der Waals surface area contributed by atoms with Crippen molar-refractivity contribution in [3.05, 3.63) is 12.4 Å². The first-order valence-electron chi connectivity index (χ1n) is 11.8. The number of hydrogen-bond acceptors (Lipinski definition) is 9. The Kier molecular flexibility index (Phi) is 10.9. The number of anilines is 1. The minimum absolute atomic E-state index is 0.0978. The Labute approximate surface area is 204 Å². The zero-order chi connectivity index (χ0) is 25.8. The SMILES string of the molecule is C#CC(COC(=O)CCCCC)(OC)[C@H](Cn1cnc2c(N)nc(F)nc21)OC(=O)CCCCC. The van der Waals surface area contributed by atoms with Gasteiger partial charge in [0, 0.05) is 20.0 Å². The third-order valence-electron chi connectivity index (χ3n) is 5.64. The number of terminal acetylenes is 1. The van der Waals surface area contributed by atoms with Crippen molar-refractivity contribution in [2.24, 2.45) is 0 Å². The summed E-state index contributed by atoms with van der Waals surface area (Å²) in [5, 5.41) is 0. The van der Waals surface area contributed by atoms with Gasteiger partial charge in [-0.05, 0) is 12.8 Å². The lowest BCUT2D eigenvalue weighted by Crippen LogP contribution is -2.51. The third kappa shape index (κ3) is 7.62. The normalized spacial score (nSPS) is 13.7. The smallest absolute Gasteiger partial charge is 0.312 e. The Bertz CT molecular complexity index is 1040. The second kappa shape index (κ2) is 13.6. The average Bonchev–Trinajstić information content (AvgIpc) is 3.23. The maximum absolute atomic E-state index is 13.8. The van der Waals surface area contributed by atoms with E-state index in [4.69, 9.17) is 26.4 Å². The molecule has 2 N–H and O–H groups in total. The molecule has 2 atom stereocenters. The summed E-state index contributed by atoms with van der Waals surface area (Å²) in [6, 6.07) is 0. The molecule has 0 saturated heterocycles. The maximum atomic E-state index is 13.8. The van der Waals surface area contributed by atoms with E-state index in [9.17, 15) is 14.0 Å². The summed E-state index contributed by atoms with van der Waals surface area (Å²) in [4.78, 5) is 36.2. The summed E-state index contributed by atoms with van der Waals surface area (Å²) in [5.41, 5.74) is 4.43. The Balaban J connectivity index is 2.32. The van der Waals surface area contributed by atoms with Gasteiger partial charge in [0.15, 0.2) is 17.6 Å². The van der Waals surface area contributed by atoms with Crippen LogP contribution in [0.5, 0.6) is 0 Å². The van der Waals surface area contributed by atoms with Crippen molar-refractivity contribution >= 4 is 28.9 Å². The fourth-order valence-electron chi connectivity index (χ4n) is 3.52. The largest absolute Gasteiger partial charge is 0.461 e. The van der Waals surface area contributed by atoms with E-state index in [1.165, 1.54) is 18.0 Å². The molecule has 0 amide bonds. The predicted octanol–water partition coefficient (Wildman–Crippen LogP) is 3.18. The molecule has 0 spiro atoms. The number of nitrogens with zero attached hydrogens (tertiary/aromatic N) is 4. The monoisotopic (exact) mass is 491 g/mol. The summed E-state index contributed by atoms with van der Waals surface area (Å²) in [6.07, 6.45) is 10.5. The minimum Gasteiger partial charge on any atom is -0.461 e. The summed E-state index contributed by atoms with van der Waals surface area (Å²) in [5.74, 6) is 1.45. The van der Waals surface area contributed by atoms with Gasteiger partial charge in [0.1, 0.15) is 12.1 Å². The quantitative estimate of drug-likeness (QED) is 0.173. The zero-order valence-electron chi connectivity index (χ0n) is 20.6. The Morgan fingerprint density at radius 1 is 1.17 bits per heavy atom. The fraction of sp³-hybridized carbons (Fsp3) is 0.625. The number of carbonyl (C=O) groups excluding carboxylic acids is 2. The standard InChI is InChI=1S/C24H34FN5O5/c1-5-8-10-12-18(31)34-15-24(7-3,33-4)17(35-19(32)13-11-9-6-2)14-30-16-27-20-21(26)28-23(25)29-22(20)30/h3,16-17H,5-6,8-15H2,1-2,4H3,(H2,26,28,29)/t17-,24?/m0/s1. The summed E-state index contributed by atoms with van der Waals surface area (Å²) in [7, 11) is 1.34. The second-order valence-corrected chi connectivity index (χ2v) is 8.24. The van der Waals surface area contributed by atoms with Crippen molar-refractivity contribution in [3.8, 4) is 12.3 Å². The fourth-order valence-corrected chi connectivity index (χ4v) is 3.52. The van der Waals surface area contributed by atoms with E-state index >= 15 is 0 Å². The molecule has 2 rings (SSSR count). The van der Waals surface area contributed by atoms with Gasteiger partial charge in [0.2, 0.25) is 5.60 Å². The van der Waals surface area contributed by atoms with E-state index in [0.29, 0.717) is 12.8 Å². The van der Waals surface area contributed by atoms with Crippen molar-refractivity contribution in [1.29, 1.82) is 0 Å². The molecule has 11 heteroatoms. The van der Waals surface area contributed by atoms with Gasteiger partial charge in [0.05, 0.1) is 12.9 Å². The van der Waals surface area contributed by atoms with E-state index in [1.54, 1.807) is 0 Å². The van der Waals surface area contributed by atoms with Crippen molar-refractivity contribution in [2.45, 2.75) is 83.5 Å². The number of halogens is 1. The topological polar surface area (TPSA) is 131 Å². The highest BCUT2D eigenvalue weighted by molar-refractivity contribution is 5.81. The van der Waals surface area contributed by atoms with Gasteiger partial charge in [-0.15, -0.1) is 6.42 Å². The molecule has 1 unspecified atom stereocenters. The van der Waals surface area contributed by atoms with Gasteiger partial charge >= 0.3 is 18.0 Å². The molecule has 10 nitrogen and oxygen atoms in total. The zero-order valence-corrected chi connectivity index (χ0v) is 20.6. The summed E-state index contributed by atoms with van der Waals surface area (Å²) < 4.78 is 32.0. The predicted molar refractivity (Wildman–Crippen MR) is 127 cm³/mol. The lowest BCUT2D eigenvalue weighted by Gasteiger charge is -2.34. The number of carbonyl (C=O) groups is 2. The number of fused-ring (bicyclic) bond motifs is 1. The van der Waals surface area contributed by atoms with Crippen molar-refractivity contribution in [3.63, 3.8) is 0 Å². The number of nitrogens with two attached hydrogens (primary N) is 1. The highest BCUT2D eigenvalue weighted by Crippen LogP contribution is 2.25. The van der Waals surface area contributed by atoms with Crippen molar-refractivity contribution in [1.82, 2.24) is 19.5 Å². The molecule has 0 radical (unpaired) electrons. The number of aromatic nitrogens is 4. The first-order valence-corrected chi connectivity index (χ1v) is 11.8. The van der Waals surface area contributed by atoms with Gasteiger partial charge in [-0.25, -0.2) is 4.98 Å². The van der Waals surface area contributed by atoms with Crippen LogP contribution >= 0.6 is 0 Å². The van der Waals surface area contributed by atoms with Crippen molar-refractivity contribution < 1.29 is 28.2 Å². The molecule has 0 aliphatic rings. The number of esters is 2. The number of methoxy groups -OCH3 is 1. The Hall–Kier alpha value is -3.26. The Morgan fingerprint density at radius 2 is 1.83 bits per heavy atom. The van der Waals surface area contributed by atoms with Crippen LogP contribution < -0.4 is 5.73 Å². The van der Waals surface area contributed by atoms with E-state index in [1.807, 2.05) is 13.8 Å². The first kappa shape index (κ1) is 28.0. The van der Waals surface area contributed by atoms with Crippen LogP contribution in [0.2, 0.25) is 0 Å². The van der Waals surface area contributed by atoms with Crippen LogP contribution in [0.25, 0.3) is 11.2 Å². The highest BCUT2D eigenvalue weighted by Gasteiger charge is 2.42. The molecular formula is C24H34FN5O5. The third-order valence-corrected chi connectivity index (χ3v) is 5.64. The molecule has 2 aromatic heterocycles. The van der Waals surface area contributed by atoms with Crippen LogP contribution in [0, 0.1) is 18.4 Å². The van der Waals surface area contributed by atoms with Gasteiger partial charge in [-0.3, -0.25) is 9.59 Å². The number of ether oxygens (including phenoxy) is 3. The second-order valence-electron chi connectivity index (χ2n) is 8.24. The minimum atomic E-state index is -1.60. The van der Waals surface area contributed by atoms with Gasteiger partial charge in [-0.2, -0.15) is 14.4 Å². The molecule has 0 bridgehead atoms. The number of rotatable bonds is 15. The van der Waals surface area contributed by atoms with Crippen LogP contribution in [0.4, 0.5) is 10.2 Å². The molecule has 0 fully saturated rings. The molecule has 35 heavy (non-hydrogen) atoms. The summed E-state index contributed by atoms with van der Waals surface area (Å²) >= 11 is 0. The van der Waals surface area contributed by atoms with Crippen molar-refractivity contribution in [2.75, 3.05) is 19.5 Å². The van der Waals surface area contributed by atoms with Gasteiger partial charge in [0.25, 0.3) is 0 Å². The molecule has 0 aliphatic carbocycles. The maximum Gasteiger partial charge on any atom is 0.312 e. The number of imidazole rings is 1. The number of hydrogen-bond donors (Lipinski definition) is 1. The van der Waals surface area contributed by atoms with E-state index in [-0.39, 0.29) is 43.0 Å². The lowest BCUT2D eigenvalue weighted by atomic mass is 9.97. The van der Waals surface area contributed by atoms with E-state index in [2.05, 4.69) is 20.9 Å². The molecular weight excluding hydrogens is 457 g/mol. The van der Waals surface area contributed by atoms with Gasteiger partial charge < -0.3 is 24.5 Å². The lowest BCUT2D eigenvalue weighted by molar-refractivity contribution is -0.174. The molecule has 2 aromatic rings. The highest BCUT2D eigenvalue weighted by atomic mass is 19.1.